The van der Waals surface area contributed by atoms with Crippen LogP contribution in [0, 0.1) is 23.7 Å². The number of nitrogens with one attached hydrogen (secondary N) is 1. The van der Waals surface area contributed by atoms with E-state index in [-0.39, 0.29) is 0 Å². The summed E-state index contributed by atoms with van der Waals surface area (Å²) < 4.78 is 1.05. The fourth-order valence-electron chi connectivity index (χ4n) is 2.71. The van der Waals surface area contributed by atoms with Crippen LogP contribution >= 0.6 is 15.9 Å². The van der Waals surface area contributed by atoms with E-state index in [4.69, 9.17) is 0 Å². The summed E-state index contributed by atoms with van der Waals surface area (Å²) in [5.41, 5.74) is 2.03. The quantitative estimate of drug-likeness (QED) is 0.902. The zero-order valence-corrected chi connectivity index (χ0v) is 12.9. The second-order valence-corrected chi connectivity index (χ2v) is 7.07. The van der Waals surface area contributed by atoms with Gasteiger partial charge in [-0.05, 0) is 51.2 Å². The highest BCUT2D eigenvalue weighted by Crippen LogP contribution is 2.68. The summed E-state index contributed by atoms with van der Waals surface area (Å²) in [6, 6.07) is 2.10. The molecule has 1 aromatic rings. The van der Waals surface area contributed by atoms with E-state index in [0.29, 0.717) is 16.7 Å². The van der Waals surface area contributed by atoms with Crippen LogP contribution in [0.4, 0.5) is 5.82 Å². The Kier molecular flexibility index (Phi) is 3.01. The number of halogens is 1. The summed E-state index contributed by atoms with van der Waals surface area (Å²) in [7, 11) is 0. The van der Waals surface area contributed by atoms with Crippen LogP contribution in [0.15, 0.2) is 16.7 Å². The molecule has 0 saturated heterocycles. The van der Waals surface area contributed by atoms with E-state index >= 15 is 0 Å². The van der Waals surface area contributed by atoms with Crippen LogP contribution in [-0.4, -0.2) is 11.5 Å². The molecule has 0 unspecified atom stereocenters. The largest absolute Gasteiger partial charge is 0.369 e. The first-order chi connectivity index (χ1) is 7.76. The van der Waals surface area contributed by atoms with Gasteiger partial charge in [0, 0.05) is 12.7 Å². The lowest BCUT2D eigenvalue weighted by atomic mass is 10.0. The van der Waals surface area contributed by atoms with Crippen LogP contribution in [0.1, 0.15) is 33.3 Å². The van der Waals surface area contributed by atoms with Gasteiger partial charge >= 0.3 is 0 Å². The predicted octanol–water partition coefficient (Wildman–Crippen LogP) is 4.25. The predicted molar refractivity (Wildman–Crippen MR) is 76.2 cm³/mol. The second-order valence-electron chi connectivity index (χ2n) is 6.22. The third-order valence-electron chi connectivity index (χ3n) is 4.77. The van der Waals surface area contributed by atoms with Crippen molar-refractivity contribution < 1.29 is 0 Å². The third-order valence-corrected chi connectivity index (χ3v) is 5.38. The maximum Gasteiger partial charge on any atom is 0.140 e. The number of rotatable bonds is 3. The van der Waals surface area contributed by atoms with Crippen molar-refractivity contribution in [2.75, 3.05) is 11.9 Å². The average Bonchev–Trinajstić information content (AvgIpc) is 2.58. The van der Waals surface area contributed by atoms with Gasteiger partial charge in [0.15, 0.2) is 0 Å². The summed E-state index contributed by atoms with van der Waals surface area (Å²) in [6.07, 6.45) is 1.90. The molecule has 1 fully saturated rings. The fourth-order valence-corrected chi connectivity index (χ4v) is 3.31. The van der Waals surface area contributed by atoms with E-state index in [1.807, 2.05) is 6.20 Å². The van der Waals surface area contributed by atoms with E-state index in [0.717, 1.165) is 16.8 Å². The molecular formula is C14H21BrN2. The molecule has 0 spiro atoms. The maximum absolute atomic E-state index is 4.42. The van der Waals surface area contributed by atoms with Gasteiger partial charge < -0.3 is 5.32 Å². The van der Waals surface area contributed by atoms with Crippen molar-refractivity contribution >= 4 is 21.7 Å². The van der Waals surface area contributed by atoms with E-state index in [1.54, 1.807) is 0 Å². The van der Waals surface area contributed by atoms with Crippen molar-refractivity contribution in [2.24, 2.45) is 16.7 Å². The van der Waals surface area contributed by atoms with Crippen LogP contribution in [0.3, 0.4) is 0 Å². The first kappa shape index (κ1) is 12.9. The minimum Gasteiger partial charge on any atom is -0.369 e. The maximum atomic E-state index is 4.42. The van der Waals surface area contributed by atoms with Crippen LogP contribution in [0.25, 0.3) is 0 Å². The molecule has 0 atom stereocenters. The van der Waals surface area contributed by atoms with Gasteiger partial charge in [-0.2, -0.15) is 0 Å². The molecule has 0 amide bonds. The van der Waals surface area contributed by atoms with Crippen LogP contribution in [-0.2, 0) is 0 Å². The molecule has 1 aromatic heterocycles. The molecule has 1 heterocycles. The Hall–Kier alpha value is -0.570. The Morgan fingerprint density at radius 3 is 2.35 bits per heavy atom. The van der Waals surface area contributed by atoms with Gasteiger partial charge in [0.05, 0.1) is 4.47 Å². The highest BCUT2D eigenvalue weighted by atomic mass is 79.9. The fraction of sp³-hybridized carbons (Fsp3) is 0.643. The Balaban J connectivity index is 2.00. The zero-order chi connectivity index (χ0) is 12.8. The monoisotopic (exact) mass is 296 g/mol. The number of aromatic nitrogens is 1. The minimum absolute atomic E-state index is 0.428. The summed E-state index contributed by atoms with van der Waals surface area (Å²) in [5.74, 6) is 1.67. The molecular weight excluding hydrogens is 276 g/mol. The van der Waals surface area contributed by atoms with Gasteiger partial charge in [0.2, 0.25) is 0 Å². The Bertz CT molecular complexity index is 424. The molecule has 17 heavy (non-hydrogen) atoms. The summed E-state index contributed by atoms with van der Waals surface area (Å²) >= 11 is 3.55. The number of pyridine rings is 1. The molecule has 1 N–H and O–H groups in total. The Labute approximate surface area is 112 Å². The molecule has 3 heteroatoms. The number of anilines is 1. The topological polar surface area (TPSA) is 24.9 Å². The standard InChI is InChI=1S/C14H21BrN2/c1-9-6-10(15)12(16-7-9)17-8-11-13(2,3)14(11,4)5/h6-7,11H,8H2,1-5H3,(H,16,17). The van der Waals surface area contributed by atoms with Crippen molar-refractivity contribution in [3.63, 3.8) is 0 Å². The number of aryl methyl sites for hydroxylation is 1. The summed E-state index contributed by atoms with van der Waals surface area (Å²) in [6.45, 7) is 12.4. The first-order valence-electron chi connectivity index (χ1n) is 6.13. The summed E-state index contributed by atoms with van der Waals surface area (Å²) in [5, 5.41) is 3.46. The van der Waals surface area contributed by atoms with Crippen molar-refractivity contribution in [3.05, 3.63) is 22.3 Å². The number of hydrogen-bond donors (Lipinski definition) is 1. The lowest BCUT2D eigenvalue weighted by Crippen LogP contribution is -2.09. The molecule has 1 saturated carbocycles. The van der Waals surface area contributed by atoms with Gasteiger partial charge in [-0.1, -0.05) is 27.7 Å². The Morgan fingerprint density at radius 2 is 1.88 bits per heavy atom. The molecule has 94 valence electrons. The lowest BCUT2D eigenvalue weighted by Gasteiger charge is -2.09. The van der Waals surface area contributed by atoms with Gasteiger partial charge in [-0.15, -0.1) is 0 Å². The van der Waals surface area contributed by atoms with Gasteiger partial charge in [-0.3, -0.25) is 0 Å². The van der Waals surface area contributed by atoms with Crippen molar-refractivity contribution in [1.82, 2.24) is 4.98 Å². The molecule has 0 radical (unpaired) electrons. The molecule has 0 bridgehead atoms. The smallest absolute Gasteiger partial charge is 0.140 e. The van der Waals surface area contributed by atoms with Crippen LogP contribution in [0.5, 0.6) is 0 Å². The molecule has 0 aromatic carbocycles. The van der Waals surface area contributed by atoms with Gasteiger partial charge in [-0.25, -0.2) is 4.98 Å². The average molecular weight is 297 g/mol. The number of hydrogen-bond acceptors (Lipinski definition) is 2. The molecule has 2 nitrogen and oxygen atoms in total. The van der Waals surface area contributed by atoms with E-state index < -0.39 is 0 Å². The van der Waals surface area contributed by atoms with Crippen molar-refractivity contribution in [1.29, 1.82) is 0 Å². The molecule has 2 rings (SSSR count). The summed E-state index contributed by atoms with van der Waals surface area (Å²) in [4.78, 5) is 4.42. The Morgan fingerprint density at radius 1 is 1.29 bits per heavy atom. The first-order valence-corrected chi connectivity index (χ1v) is 6.92. The molecule has 1 aliphatic carbocycles. The van der Waals surface area contributed by atoms with Crippen LogP contribution < -0.4 is 5.32 Å². The van der Waals surface area contributed by atoms with Gasteiger partial charge in [0.25, 0.3) is 0 Å². The van der Waals surface area contributed by atoms with Gasteiger partial charge in [0.1, 0.15) is 5.82 Å². The van der Waals surface area contributed by atoms with E-state index in [1.165, 1.54) is 5.56 Å². The molecule has 0 aliphatic heterocycles. The molecule has 1 aliphatic rings. The van der Waals surface area contributed by atoms with Crippen molar-refractivity contribution in [2.45, 2.75) is 34.6 Å². The normalized spacial score (nSPS) is 21.3. The highest BCUT2D eigenvalue weighted by molar-refractivity contribution is 9.10. The van der Waals surface area contributed by atoms with E-state index in [9.17, 15) is 0 Å². The minimum atomic E-state index is 0.428. The third kappa shape index (κ3) is 2.10. The van der Waals surface area contributed by atoms with Crippen molar-refractivity contribution in [3.8, 4) is 0 Å². The zero-order valence-electron chi connectivity index (χ0n) is 11.3. The number of nitrogens with zero attached hydrogens (tertiary/aromatic N) is 1. The SMILES string of the molecule is Cc1cnc(NCC2C(C)(C)C2(C)C)c(Br)c1. The van der Waals surface area contributed by atoms with Crippen LogP contribution in [0.2, 0.25) is 0 Å². The second kappa shape index (κ2) is 3.98. The highest BCUT2D eigenvalue weighted by Gasteiger charge is 2.64. The lowest BCUT2D eigenvalue weighted by molar-refractivity contribution is 0.457. The van der Waals surface area contributed by atoms with E-state index in [2.05, 4.69) is 66.9 Å².